The molecule has 0 bridgehead atoms. The predicted molar refractivity (Wildman–Crippen MR) is 80.9 cm³/mol. The molecular formula is C12H18INOSi. The molecule has 0 aromatic heterocycles. The third-order valence-corrected chi connectivity index (χ3v) is 3.37. The first-order valence-corrected chi connectivity index (χ1v) is 10.3. The van der Waals surface area contributed by atoms with E-state index in [0.717, 1.165) is 16.6 Å². The fourth-order valence-electron chi connectivity index (χ4n) is 1.14. The van der Waals surface area contributed by atoms with Crippen molar-refractivity contribution in [2.75, 3.05) is 4.43 Å². The van der Waals surface area contributed by atoms with Crippen LogP contribution in [-0.2, 0) is 10.9 Å². The van der Waals surface area contributed by atoms with Crippen molar-refractivity contribution < 1.29 is 4.53 Å². The summed E-state index contributed by atoms with van der Waals surface area (Å²) in [5.74, 6) is 0. The average Bonchev–Trinajstić information content (AvgIpc) is 2.24. The lowest BCUT2D eigenvalue weighted by atomic mass is 10.1. The Labute approximate surface area is 112 Å². The molecule has 4 heteroatoms. The molecule has 1 aromatic rings. The fraction of sp³-hybridized carbons (Fsp3) is 0.417. The number of oxime groups is 1. The summed E-state index contributed by atoms with van der Waals surface area (Å²) in [6.07, 6.45) is 0.883. The molecule has 0 saturated carbocycles. The van der Waals surface area contributed by atoms with Gasteiger partial charge in [0.15, 0.2) is 0 Å². The van der Waals surface area contributed by atoms with Crippen LogP contribution in [0.5, 0.6) is 0 Å². The van der Waals surface area contributed by atoms with Gasteiger partial charge in [-0.15, -0.1) is 5.16 Å². The standard InChI is InChI=1S/C12H18INOSi/c1-16(2,3)15-14-12(10-13)9-11-7-5-4-6-8-11/h4-8H,9-10H2,1-3H3/b14-12-. The highest BCUT2D eigenvalue weighted by molar-refractivity contribution is 14.1. The molecular weight excluding hydrogens is 329 g/mol. The van der Waals surface area contributed by atoms with Crippen LogP contribution >= 0.6 is 22.6 Å². The van der Waals surface area contributed by atoms with Gasteiger partial charge in [-0.3, -0.25) is 0 Å². The molecule has 0 radical (unpaired) electrons. The van der Waals surface area contributed by atoms with Crippen molar-refractivity contribution in [2.24, 2.45) is 5.16 Å². The number of rotatable bonds is 5. The molecule has 0 spiro atoms. The summed E-state index contributed by atoms with van der Waals surface area (Å²) in [6, 6.07) is 10.4. The summed E-state index contributed by atoms with van der Waals surface area (Å²) < 4.78 is 6.49. The quantitative estimate of drug-likeness (QED) is 0.261. The van der Waals surface area contributed by atoms with E-state index in [1.807, 2.05) is 6.07 Å². The highest BCUT2D eigenvalue weighted by atomic mass is 127. The molecule has 0 aliphatic rings. The summed E-state index contributed by atoms with van der Waals surface area (Å²) in [5.41, 5.74) is 2.39. The van der Waals surface area contributed by atoms with Gasteiger partial charge in [0, 0.05) is 10.8 Å². The van der Waals surface area contributed by atoms with Crippen molar-refractivity contribution >= 4 is 36.6 Å². The molecule has 0 aliphatic heterocycles. The van der Waals surface area contributed by atoms with E-state index in [2.05, 4.69) is 71.7 Å². The number of nitrogens with zero attached hydrogens (tertiary/aromatic N) is 1. The van der Waals surface area contributed by atoms with E-state index in [0.29, 0.717) is 0 Å². The second kappa shape index (κ2) is 6.39. The number of hydrogen-bond donors (Lipinski definition) is 0. The third-order valence-electron chi connectivity index (χ3n) is 1.85. The molecule has 0 atom stereocenters. The van der Waals surface area contributed by atoms with Crippen molar-refractivity contribution in [1.82, 2.24) is 0 Å². The maximum atomic E-state index is 5.58. The minimum atomic E-state index is -1.54. The molecule has 0 amide bonds. The zero-order valence-corrected chi connectivity index (χ0v) is 13.2. The summed E-state index contributed by atoms with van der Waals surface area (Å²) in [5, 5.41) is 4.28. The molecule has 2 nitrogen and oxygen atoms in total. The van der Waals surface area contributed by atoms with Gasteiger partial charge in [-0.25, -0.2) is 0 Å². The lowest BCUT2D eigenvalue weighted by Crippen LogP contribution is -2.23. The van der Waals surface area contributed by atoms with Gasteiger partial charge in [0.05, 0.1) is 5.71 Å². The Morgan fingerprint density at radius 3 is 2.38 bits per heavy atom. The van der Waals surface area contributed by atoms with Crippen LogP contribution < -0.4 is 0 Å². The van der Waals surface area contributed by atoms with Crippen LogP contribution in [0.25, 0.3) is 0 Å². The van der Waals surface area contributed by atoms with Crippen LogP contribution in [0.1, 0.15) is 5.56 Å². The van der Waals surface area contributed by atoms with Gasteiger partial charge in [0.1, 0.15) is 0 Å². The maximum Gasteiger partial charge on any atom is 0.278 e. The summed E-state index contributed by atoms with van der Waals surface area (Å²) >= 11 is 2.33. The van der Waals surface area contributed by atoms with Crippen molar-refractivity contribution in [3.8, 4) is 0 Å². The molecule has 16 heavy (non-hydrogen) atoms. The summed E-state index contributed by atoms with van der Waals surface area (Å²) in [4.78, 5) is 0. The second-order valence-electron chi connectivity index (χ2n) is 4.66. The number of alkyl halides is 1. The van der Waals surface area contributed by atoms with E-state index >= 15 is 0 Å². The van der Waals surface area contributed by atoms with Gasteiger partial charge in [-0.05, 0) is 25.2 Å². The fourth-order valence-corrected chi connectivity index (χ4v) is 1.95. The van der Waals surface area contributed by atoms with Crippen LogP contribution in [0.15, 0.2) is 35.5 Å². The van der Waals surface area contributed by atoms with Gasteiger partial charge in [0.25, 0.3) is 8.32 Å². The van der Waals surface area contributed by atoms with E-state index in [-0.39, 0.29) is 0 Å². The number of benzene rings is 1. The summed E-state index contributed by atoms with van der Waals surface area (Å²) in [7, 11) is -1.54. The van der Waals surface area contributed by atoms with Crippen molar-refractivity contribution in [2.45, 2.75) is 26.1 Å². The Morgan fingerprint density at radius 2 is 1.88 bits per heavy atom. The van der Waals surface area contributed by atoms with E-state index in [1.165, 1.54) is 5.56 Å². The Bertz CT molecular complexity index is 346. The van der Waals surface area contributed by atoms with Gasteiger partial charge in [-0.2, -0.15) is 0 Å². The molecule has 1 rings (SSSR count). The molecule has 0 N–H and O–H groups in total. The zero-order chi connectivity index (χ0) is 12.0. The van der Waals surface area contributed by atoms with Gasteiger partial charge in [-0.1, -0.05) is 52.9 Å². The third kappa shape index (κ3) is 5.65. The van der Waals surface area contributed by atoms with E-state index in [1.54, 1.807) is 0 Å². The van der Waals surface area contributed by atoms with E-state index in [9.17, 15) is 0 Å². The van der Waals surface area contributed by atoms with Gasteiger partial charge in [0.2, 0.25) is 0 Å². The average molecular weight is 347 g/mol. The Hall–Kier alpha value is -0.363. The monoisotopic (exact) mass is 347 g/mol. The first-order chi connectivity index (χ1) is 7.51. The highest BCUT2D eigenvalue weighted by Crippen LogP contribution is 2.07. The van der Waals surface area contributed by atoms with Crippen LogP contribution in [0, 0.1) is 0 Å². The van der Waals surface area contributed by atoms with Gasteiger partial charge >= 0.3 is 0 Å². The Morgan fingerprint density at radius 1 is 1.25 bits per heavy atom. The molecule has 1 aromatic carbocycles. The largest absolute Gasteiger partial charge is 0.456 e. The predicted octanol–water partition coefficient (Wildman–Crippen LogP) is 3.87. The summed E-state index contributed by atoms with van der Waals surface area (Å²) in [6.45, 7) is 6.43. The maximum absolute atomic E-state index is 5.58. The van der Waals surface area contributed by atoms with Crippen molar-refractivity contribution in [3.05, 3.63) is 35.9 Å². The van der Waals surface area contributed by atoms with Crippen LogP contribution in [0.2, 0.25) is 19.6 Å². The Balaban J connectivity index is 2.62. The lowest BCUT2D eigenvalue weighted by molar-refractivity contribution is 0.334. The first kappa shape index (κ1) is 13.7. The highest BCUT2D eigenvalue weighted by Gasteiger charge is 2.16. The van der Waals surface area contributed by atoms with E-state index < -0.39 is 8.32 Å². The molecule has 0 unspecified atom stereocenters. The first-order valence-electron chi connectivity index (χ1n) is 5.35. The molecule has 0 aliphatic carbocycles. The SMILES string of the molecule is C[Si](C)(C)O/N=C(\CI)Cc1ccccc1. The zero-order valence-electron chi connectivity index (χ0n) is 10.0. The smallest absolute Gasteiger partial charge is 0.278 e. The molecule has 0 saturated heterocycles. The second-order valence-corrected chi connectivity index (χ2v) is 9.83. The van der Waals surface area contributed by atoms with Crippen molar-refractivity contribution in [1.29, 1.82) is 0 Å². The Kier molecular flexibility index (Phi) is 5.47. The molecule has 0 fully saturated rings. The van der Waals surface area contributed by atoms with Crippen LogP contribution in [0.3, 0.4) is 0 Å². The minimum Gasteiger partial charge on any atom is -0.456 e. The normalized spacial score (nSPS) is 12.6. The van der Waals surface area contributed by atoms with Crippen LogP contribution in [-0.4, -0.2) is 18.5 Å². The van der Waals surface area contributed by atoms with Crippen LogP contribution in [0.4, 0.5) is 0 Å². The topological polar surface area (TPSA) is 21.6 Å². The number of halogens is 1. The van der Waals surface area contributed by atoms with Gasteiger partial charge < -0.3 is 4.53 Å². The van der Waals surface area contributed by atoms with E-state index in [4.69, 9.17) is 4.53 Å². The minimum absolute atomic E-state index is 0.883. The molecule has 0 heterocycles. The van der Waals surface area contributed by atoms with Crippen molar-refractivity contribution in [3.63, 3.8) is 0 Å². The number of hydrogen-bond acceptors (Lipinski definition) is 2. The lowest BCUT2D eigenvalue weighted by Gasteiger charge is -2.14. The molecule has 88 valence electrons.